The number of nitrogens with one attached hydrogen (secondary N) is 1. The number of rotatable bonds is 5. The molecule has 5 nitrogen and oxygen atoms in total. The van der Waals surface area contributed by atoms with Gasteiger partial charge in [-0.1, -0.05) is 56.8 Å². The van der Waals surface area contributed by atoms with Crippen molar-refractivity contribution in [3.05, 3.63) is 59.9 Å². The summed E-state index contributed by atoms with van der Waals surface area (Å²) in [5.41, 5.74) is 2.40. The highest BCUT2D eigenvalue weighted by Gasteiger charge is 2.21. The van der Waals surface area contributed by atoms with E-state index in [0.717, 1.165) is 5.69 Å². The van der Waals surface area contributed by atoms with E-state index in [4.69, 9.17) is 0 Å². The number of anilines is 1. The molecule has 0 fully saturated rings. The molecule has 7 heteroatoms. The molecule has 0 aliphatic carbocycles. The zero-order chi connectivity index (χ0) is 21.2. The summed E-state index contributed by atoms with van der Waals surface area (Å²) < 4.78 is 15.7. The first-order chi connectivity index (χ1) is 13.7. The van der Waals surface area contributed by atoms with Crippen LogP contribution in [0.5, 0.6) is 0 Å². The van der Waals surface area contributed by atoms with Gasteiger partial charge in [-0.3, -0.25) is 4.79 Å². The van der Waals surface area contributed by atoms with Gasteiger partial charge in [-0.2, -0.15) is 0 Å². The second-order valence-electron chi connectivity index (χ2n) is 7.92. The fraction of sp³-hybridized carbons (Fsp3) is 0.318. The number of thioether (sulfide) groups is 1. The van der Waals surface area contributed by atoms with Crippen molar-refractivity contribution in [1.82, 2.24) is 14.8 Å². The highest BCUT2D eigenvalue weighted by Crippen LogP contribution is 2.28. The lowest BCUT2D eigenvalue weighted by Crippen LogP contribution is -2.23. The standard InChI is InChI=1S/C22H25FN4OS/c1-14(20(28)24-16-12-10-15(11-13-16)22(2,3)4)29-21-26-25-19(27(21)5)17-8-6-7-9-18(17)23/h6-14H,1-5H3,(H,24,28). The number of nitrogens with zero attached hydrogens (tertiary/aromatic N) is 3. The normalized spacial score (nSPS) is 12.6. The predicted molar refractivity (Wildman–Crippen MR) is 115 cm³/mol. The molecule has 0 aliphatic rings. The van der Waals surface area contributed by atoms with Crippen LogP contribution in [0.1, 0.15) is 33.3 Å². The average Bonchev–Trinajstić information content (AvgIpc) is 3.02. The molecule has 29 heavy (non-hydrogen) atoms. The summed E-state index contributed by atoms with van der Waals surface area (Å²) in [6, 6.07) is 14.3. The summed E-state index contributed by atoms with van der Waals surface area (Å²) in [6.07, 6.45) is 0. The Morgan fingerprint density at radius 3 is 2.38 bits per heavy atom. The van der Waals surface area contributed by atoms with Gasteiger partial charge in [0, 0.05) is 12.7 Å². The van der Waals surface area contributed by atoms with Gasteiger partial charge in [-0.15, -0.1) is 10.2 Å². The van der Waals surface area contributed by atoms with Crippen LogP contribution in [0.4, 0.5) is 10.1 Å². The van der Waals surface area contributed by atoms with E-state index in [1.54, 1.807) is 36.7 Å². The minimum atomic E-state index is -0.395. The van der Waals surface area contributed by atoms with Crippen LogP contribution in [0, 0.1) is 5.82 Å². The second kappa shape index (κ2) is 8.37. The van der Waals surface area contributed by atoms with Crippen molar-refractivity contribution >= 4 is 23.4 Å². The SMILES string of the molecule is CC(Sc1nnc(-c2ccccc2F)n1C)C(=O)Nc1ccc(C(C)(C)C)cc1. The summed E-state index contributed by atoms with van der Waals surface area (Å²) >= 11 is 1.28. The quantitative estimate of drug-likeness (QED) is 0.597. The summed E-state index contributed by atoms with van der Waals surface area (Å²) in [5, 5.41) is 11.3. The van der Waals surface area contributed by atoms with E-state index in [2.05, 4.69) is 36.3 Å². The maximum absolute atomic E-state index is 14.0. The van der Waals surface area contributed by atoms with Gasteiger partial charge in [0.1, 0.15) is 5.82 Å². The first kappa shape index (κ1) is 21.0. The maximum Gasteiger partial charge on any atom is 0.237 e. The molecule has 0 spiro atoms. The summed E-state index contributed by atoms with van der Waals surface area (Å²) in [5.74, 6) is -0.0611. The summed E-state index contributed by atoms with van der Waals surface area (Å²) in [4.78, 5) is 12.6. The number of aromatic nitrogens is 3. The van der Waals surface area contributed by atoms with E-state index >= 15 is 0 Å². The number of halogens is 1. The van der Waals surface area contributed by atoms with E-state index in [9.17, 15) is 9.18 Å². The van der Waals surface area contributed by atoms with E-state index in [0.29, 0.717) is 16.5 Å². The molecule has 1 unspecified atom stereocenters. The molecular formula is C22H25FN4OS. The minimum absolute atomic E-state index is 0.0623. The second-order valence-corrected chi connectivity index (χ2v) is 9.23. The third-order valence-corrected chi connectivity index (χ3v) is 5.75. The van der Waals surface area contributed by atoms with E-state index in [1.807, 2.05) is 24.3 Å². The Labute approximate surface area is 174 Å². The number of carbonyl (C=O) groups excluding carboxylic acids is 1. The Balaban J connectivity index is 1.68. The first-order valence-electron chi connectivity index (χ1n) is 9.39. The lowest BCUT2D eigenvalue weighted by atomic mass is 9.87. The van der Waals surface area contributed by atoms with Crippen molar-refractivity contribution in [3.8, 4) is 11.4 Å². The Hall–Kier alpha value is -2.67. The molecule has 3 rings (SSSR count). The van der Waals surface area contributed by atoms with Gasteiger partial charge in [-0.05, 0) is 42.2 Å². The van der Waals surface area contributed by atoms with Crippen LogP contribution in [-0.4, -0.2) is 25.9 Å². The molecule has 2 aromatic carbocycles. The Bertz CT molecular complexity index is 1010. The Morgan fingerprint density at radius 2 is 1.76 bits per heavy atom. The number of hydrogen-bond acceptors (Lipinski definition) is 4. The number of amides is 1. The molecule has 1 amide bonds. The zero-order valence-electron chi connectivity index (χ0n) is 17.2. The molecule has 1 atom stereocenters. The predicted octanol–water partition coefficient (Wildman–Crippen LogP) is 5.04. The number of carbonyl (C=O) groups is 1. The van der Waals surface area contributed by atoms with Crippen molar-refractivity contribution < 1.29 is 9.18 Å². The average molecular weight is 413 g/mol. The lowest BCUT2D eigenvalue weighted by molar-refractivity contribution is -0.115. The van der Waals surface area contributed by atoms with Crippen molar-refractivity contribution in [1.29, 1.82) is 0 Å². The Morgan fingerprint density at radius 1 is 1.10 bits per heavy atom. The molecule has 3 aromatic rings. The lowest BCUT2D eigenvalue weighted by Gasteiger charge is -2.19. The smallest absolute Gasteiger partial charge is 0.237 e. The van der Waals surface area contributed by atoms with Gasteiger partial charge in [-0.25, -0.2) is 4.39 Å². The van der Waals surface area contributed by atoms with Crippen molar-refractivity contribution in [2.75, 3.05) is 5.32 Å². The van der Waals surface area contributed by atoms with E-state index in [1.165, 1.54) is 23.4 Å². The van der Waals surface area contributed by atoms with Crippen molar-refractivity contribution in [2.45, 2.75) is 43.5 Å². The molecule has 0 bridgehead atoms. The highest BCUT2D eigenvalue weighted by molar-refractivity contribution is 8.00. The third kappa shape index (κ3) is 4.85. The van der Waals surface area contributed by atoms with Gasteiger partial charge in [0.15, 0.2) is 11.0 Å². The van der Waals surface area contributed by atoms with Crippen LogP contribution >= 0.6 is 11.8 Å². The molecule has 0 radical (unpaired) electrons. The van der Waals surface area contributed by atoms with Crippen LogP contribution in [0.3, 0.4) is 0 Å². The van der Waals surface area contributed by atoms with Gasteiger partial charge in [0.05, 0.1) is 10.8 Å². The van der Waals surface area contributed by atoms with Crippen LogP contribution < -0.4 is 5.32 Å². The molecular weight excluding hydrogens is 387 g/mol. The molecule has 1 heterocycles. The highest BCUT2D eigenvalue weighted by atomic mass is 32.2. The Kier molecular flexibility index (Phi) is 6.07. The van der Waals surface area contributed by atoms with Gasteiger partial charge in [0.25, 0.3) is 0 Å². The third-order valence-electron chi connectivity index (χ3n) is 4.62. The molecule has 0 saturated carbocycles. The zero-order valence-corrected chi connectivity index (χ0v) is 18.0. The first-order valence-corrected chi connectivity index (χ1v) is 10.3. The van der Waals surface area contributed by atoms with Crippen LogP contribution in [-0.2, 0) is 17.3 Å². The van der Waals surface area contributed by atoms with Crippen LogP contribution in [0.25, 0.3) is 11.4 Å². The largest absolute Gasteiger partial charge is 0.325 e. The maximum atomic E-state index is 14.0. The fourth-order valence-corrected chi connectivity index (χ4v) is 3.62. The van der Waals surface area contributed by atoms with Gasteiger partial charge in [0.2, 0.25) is 5.91 Å². The minimum Gasteiger partial charge on any atom is -0.325 e. The molecule has 1 aromatic heterocycles. The molecule has 1 N–H and O–H groups in total. The molecule has 0 saturated heterocycles. The van der Waals surface area contributed by atoms with E-state index < -0.39 is 5.25 Å². The monoisotopic (exact) mass is 412 g/mol. The topological polar surface area (TPSA) is 59.8 Å². The van der Waals surface area contributed by atoms with Crippen LogP contribution in [0.15, 0.2) is 53.7 Å². The van der Waals surface area contributed by atoms with Crippen molar-refractivity contribution in [2.24, 2.45) is 7.05 Å². The van der Waals surface area contributed by atoms with E-state index in [-0.39, 0.29) is 17.1 Å². The van der Waals surface area contributed by atoms with Gasteiger partial charge >= 0.3 is 0 Å². The molecule has 152 valence electrons. The number of benzene rings is 2. The van der Waals surface area contributed by atoms with Crippen LogP contribution in [0.2, 0.25) is 0 Å². The van der Waals surface area contributed by atoms with Crippen molar-refractivity contribution in [3.63, 3.8) is 0 Å². The fourth-order valence-electron chi connectivity index (χ4n) is 2.80. The van der Waals surface area contributed by atoms with Gasteiger partial charge < -0.3 is 9.88 Å². The molecule has 0 aliphatic heterocycles. The summed E-state index contributed by atoms with van der Waals surface area (Å²) in [6.45, 7) is 8.25. The number of hydrogen-bond donors (Lipinski definition) is 1. The summed E-state index contributed by atoms with van der Waals surface area (Å²) in [7, 11) is 1.76.